The Balaban J connectivity index is 2.71. The Bertz CT molecular complexity index is 542. The summed E-state index contributed by atoms with van der Waals surface area (Å²) in [6, 6.07) is 6.16. The predicted molar refractivity (Wildman–Crippen MR) is 69.7 cm³/mol. The van der Waals surface area contributed by atoms with Crippen LogP contribution in [0.3, 0.4) is 0 Å². The van der Waals surface area contributed by atoms with Crippen molar-refractivity contribution in [3.05, 3.63) is 29.8 Å². The largest absolute Gasteiger partial charge is 0.446 e. The van der Waals surface area contributed by atoms with Gasteiger partial charge in [-0.15, -0.1) is 0 Å². The van der Waals surface area contributed by atoms with E-state index in [2.05, 4.69) is 9.46 Å². The third-order valence-electron chi connectivity index (χ3n) is 1.92. The topological polar surface area (TPSA) is 105 Å². The van der Waals surface area contributed by atoms with E-state index in [4.69, 9.17) is 5.11 Å². The molecule has 0 fully saturated rings. The lowest BCUT2D eigenvalue weighted by atomic mass is 10.2. The van der Waals surface area contributed by atoms with Crippen LogP contribution in [0.5, 0.6) is 0 Å². The Morgan fingerprint density at radius 1 is 1.42 bits per heavy atom. The Labute approximate surface area is 111 Å². The average molecular weight is 288 g/mol. The minimum Gasteiger partial charge on any atom is -0.446 e. The molecule has 1 amide bonds. The zero-order valence-corrected chi connectivity index (χ0v) is 11.4. The third kappa shape index (κ3) is 5.58. The van der Waals surface area contributed by atoms with Crippen LogP contribution < -0.4 is 9.44 Å². The molecule has 0 bridgehead atoms. The van der Waals surface area contributed by atoms with Gasteiger partial charge in [0, 0.05) is 0 Å². The molecule has 8 heteroatoms. The van der Waals surface area contributed by atoms with Crippen LogP contribution in [-0.2, 0) is 21.6 Å². The average Bonchev–Trinajstić information content (AvgIpc) is 2.26. The van der Waals surface area contributed by atoms with Crippen LogP contribution in [0.1, 0.15) is 19.4 Å². The van der Waals surface area contributed by atoms with Crippen molar-refractivity contribution in [1.82, 2.24) is 4.72 Å². The van der Waals surface area contributed by atoms with Gasteiger partial charge in [-0.3, -0.25) is 4.72 Å². The van der Waals surface area contributed by atoms with Crippen molar-refractivity contribution in [2.45, 2.75) is 26.6 Å². The second-order valence-electron chi connectivity index (χ2n) is 4.02. The highest BCUT2D eigenvalue weighted by atomic mass is 32.2. The van der Waals surface area contributed by atoms with E-state index in [1.807, 2.05) is 0 Å². The lowest BCUT2D eigenvalue weighted by Gasteiger charge is -2.11. The molecule has 1 aromatic carbocycles. The summed E-state index contributed by atoms with van der Waals surface area (Å²) in [6.07, 6.45) is -1.48. The molecule has 106 valence electrons. The summed E-state index contributed by atoms with van der Waals surface area (Å²) in [5, 5.41) is 8.94. The first-order chi connectivity index (χ1) is 8.82. The maximum absolute atomic E-state index is 11.6. The molecule has 0 aliphatic carbocycles. The van der Waals surface area contributed by atoms with Crippen LogP contribution in [0.25, 0.3) is 0 Å². The number of hydrogen-bond acceptors (Lipinski definition) is 5. The summed E-state index contributed by atoms with van der Waals surface area (Å²) in [7, 11) is -4.06. The van der Waals surface area contributed by atoms with Gasteiger partial charge >= 0.3 is 16.3 Å². The number of nitrogens with one attached hydrogen (secondary N) is 2. The normalized spacial score (nSPS) is 11.2. The molecule has 0 saturated carbocycles. The minimum absolute atomic E-state index is 0.210. The molecular formula is C11H16N2O5S. The quantitative estimate of drug-likeness (QED) is 0.749. The number of anilines is 1. The van der Waals surface area contributed by atoms with Crippen LogP contribution in [0.4, 0.5) is 10.5 Å². The van der Waals surface area contributed by atoms with Crippen molar-refractivity contribution >= 4 is 22.0 Å². The number of aliphatic hydroxyl groups excluding tert-OH is 1. The first kappa shape index (κ1) is 15.3. The molecule has 3 N–H and O–H groups in total. The van der Waals surface area contributed by atoms with Gasteiger partial charge in [-0.1, -0.05) is 12.1 Å². The Morgan fingerprint density at radius 3 is 2.68 bits per heavy atom. The van der Waals surface area contributed by atoms with Gasteiger partial charge in [-0.25, -0.2) is 9.52 Å². The van der Waals surface area contributed by atoms with Crippen molar-refractivity contribution in [2.75, 3.05) is 4.72 Å². The molecule has 7 nitrogen and oxygen atoms in total. The van der Waals surface area contributed by atoms with Gasteiger partial charge in [0.25, 0.3) is 0 Å². The first-order valence-electron chi connectivity index (χ1n) is 5.53. The molecule has 1 aromatic rings. The number of carbonyl (C=O) groups excluding carboxylic acids is 1. The summed E-state index contributed by atoms with van der Waals surface area (Å²) in [6.45, 7) is 2.99. The molecule has 0 spiro atoms. The molecule has 0 aliphatic rings. The molecular weight excluding hydrogens is 272 g/mol. The number of benzene rings is 1. The van der Waals surface area contributed by atoms with Crippen molar-refractivity contribution < 1.29 is 23.1 Å². The Kier molecular flexibility index (Phi) is 5.13. The summed E-state index contributed by atoms with van der Waals surface area (Å²) in [5.74, 6) is 0. The summed E-state index contributed by atoms with van der Waals surface area (Å²) in [4.78, 5) is 11.2. The third-order valence-corrected chi connectivity index (χ3v) is 2.86. The molecule has 1 rings (SSSR count). The fraction of sp³-hybridized carbons (Fsp3) is 0.364. The minimum atomic E-state index is -4.06. The molecule has 0 saturated heterocycles. The Hall–Kier alpha value is -1.80. The van der Waals surface area contributed by atoms with Crippen molar-refractivity contribution in [3.8, 4) is 0 Å². The maximum Gasteiger partial charge on any atom is 0.422 e. The molecule has 19 heavy (non-hydrogen) atoms. The van der Waals surface area contributed by atoms with Crippen LogP contribution in [0, 0.1) is 0 Å². The lowest BCUT2D eigenvalue weighted by molar-refractivity contribution is 0.121. The summed E-state index contributed by atoms with van der Waals surface area (Å²) >= 11 is 0. The monoisotopic (exact) mass is 288 g/mol. The van der Waals surface area contributed by atoms with Crippen LogP contribution in [0.2, 0.25) is 0 Å². The van der Waals surface area contributed by atoms with Crippen molar-refractivity contribution in [3.63, 3.8) is 0 Å². The van der Waals surface area contributed by atoms with Gasteiger partial charge in [0.15, 0.2) is 0 Å². The van der Waals surface area contributed by atoms with Gasteiger partial charge in [0.05, 0.1) is 18.4 Å². The Morgan fingerprint density at radius 2 is 2.11 bits per heavy atom. The molecule has 0 aromatic heterocycles. The number of amides is 1. The number of carbonyl (C=O) groups is 1. The molecule has 0 unspecified atom stereocenters. The number of rotatable bonds is 5. The highest BCUT2D eigenvalue weighted by Crippen LogP contribution is 2.11. The van der Waals surface area contributed by atoms with Crippen LogP contribution >= 0.6 is 0 Å². The fourth-order valence-electron chi connectivity index (χ4n) is 1.26. The SMILES string of the molecule is CC(C)OC(=O)NS(=O)(=O)Nc1cccc(CO)c1. The molecule has 0 radical (unpaired) electrons. The number of hydrogen-bond donors (Lipinski definition) is 3. The van der Waals surface area contributed by atoms with Gasteiger partial charge in [0.1, 0.15) is 0 Å². The molecule has 0 aliphatic heterocycles. The van der Waals surface area contributed by atoms with E-state index in [0.717, 1.165) is 0 Å². The van der Waals surface area contributed by atoms with Gasteiger partial charge in [0.2, 0.25) is 0 Å². The van der Waals surface area contributed by atoms with Gasteiger partial charge in [-0.2, -0.15) is 8.42 Å². The van der Waals surface area contributed by atoms with E-state index < -0.39 is 22.4 Å². The van der Waals surface area contributed by atoms with E-state index in [0.29, 0.717) is 5.56 Å². The summed E-state index contributed by atoms with van der Waals surface area (Å²) in [5.41, 5.74) is 0.779. The summed E-state index contributed by atoms with van der Waals surface area (Å²) < 4.78 is 31.7. The van der Waals surface area contributed by atoms with Gasteiger partial charge < -0.3 is 9.84 Å². The zero-order valence-electron chi connectivity index (χ0n) is 10.6. The fourth-order valence-corrected chi connectivity index (χ4v) is 2.02. The van der Waals surface area contributed by atoms with Crippen molar-refractivity contribution in [2.24, 2.45) is 0 Å². The van der Waals surface area contributed by atoms with E-state index in [1.54, 1.807) is 30.7 Å². The number of aliphatic hydroxyl groups is 1. The van der Waals surface area contributed by atoms with E-state index >= 15 is 0 Å². The van der Waals surface area contributed by atoms with Crippen LogP contribution in [0.15, 0.2) is 24.3 Å². The highest BCUT2D eigenvalue weighted by molar-refractivity contribution is 7.91. The van der Waals surface area contributed by atoms with Crippen molar-refractivity contribution in [1.29, 1.82) is 0 Å². The van der Waals surface area contributed by atoms with Gasteiger partial charge in [-0.05, 0) is 31.5 Å². The van der Waals surface area contributed by atoms with E-state index in [-0.39, 0.29) is 12.3 Å². The zero-order chi connectivity index (χ0) is 14.5. The number of ether oxygens (including phenoxy) is 1. The second-order valence-corrected chi connectivity index (χ2v) is 5.44. The second kappa shape index (κ2) is 6.39. The van der Waals surface area contributed by atoms with E-state index in [9.17, 15) is 13.2 Å². The van der Waals surface area contributed by atoms with Crippen LogP contribution in [-0.4, -0.2) is 25.7 Å². The first-order valence-corrected chi connectivity index (χ1v) is 7.01. The lowest BCUT2D eigenvalue weighted by Crippen LogP contribution is -2.36. The molecule has 0 heterocycles. The van der Waals surface area contributed by atoms with E-state index in [1.165, 1.54) is 12.1 Å². The smallest absolute Gasteiger partial charge is 0.422 e. The highest BCUT2D eigenvalue weighted by Gasteiger charge is 2.16. The maximum atomic E-state index is 11.6. The standard InChI is InChI=1S/C11H16N2O5S/c1-8(2)18-11(15)13-19(16,17)12-10-5-3-4-9(6-10)7-14/h3-6,8,12,14H,7H2,1-2H3,(H,13,15). The predicted octanol–water partition coefficient (Wildman–Crippen LogP) is 0.970. The molecule has 0 atom stereocenters.